The van der Waals surface area contributed by atoms with Gasteiger partial charge >= 0.3 is 0 Å². The molecule has 0 saturated heterocycles. The van der Waals surface area contributed by atoms with Gasteiger partial charge < -0.3 is 15.0 Å². The number of hydrogen-bond acceptors (Lipinski definition) is 2. The number of hydrogen-bond donors (Lipinski definition) is 1. The fourth-order valence-corrected chi connectivity index (χ4v) is 4.69. The molecule has 4 aromatic carbocycles. The minimum atomic E-state index is -0.412. The molecule has 0 aliphatic rings. The zero-order valence-electron chi connectivity index (χ0n) is 18.6. The first-order valence-corrected chi connectivity index (χ1v) is 11.1. The SMILES string of the molecule is COCc1ccc2c3c(C(N)=O)cccc3n(Cc3ccccc3Cc3ccccc3)c2c1. The van der Waals surface area contributed by atoms with Gasteiger partial charge in [-0.05, 0) is 46.9 Å². The zero-order chi connectivity index (χ0) is 22.8. The predicted octanol–water partition coefficient (Wildman–Crippen LogP) is 5.68. The predicted molar refractivity (Wildman–Crippen MR) is 133 cm³/mol. The van der Waals surface area contributed by atoms with Crippen molar-refractivity contribution in [3.63, 3.8) is 0 Å². The van der Waals surface area contributed by atoms with Gasteiger partial charge in [-0.25, -0.2) is 0 Å². The summed E-state index contributed by atoms with van der Waals surface area (Å²) in [5, 5.41) is 1.93. The zero-order valence-corrected chi connectivity index (χ0v) is 18.6. The van der Waals surface area contributed by atoms with Crippen LogP contribution in [-0.2, 0) is 24.3 Å². The minimum Gasteiger partial charge on any atom is -0.380 e. The molecule has 33 heavy (non-hydrogen) atoms. The number of fused-ring (bicyclic) bond motifs is 3. The van der Waals surface area contributed by atoms with Crippen LogP contribution in [0.1, 0.15) is 32.6 Å². The third-order valence-electron chi connectivity index (χ3n) is 6.22. The molecule has 0 radical (unpaired) electrons. The van der Waals surface area contributed by atoms with Crippen molar-refractivity contribution in [3.8, 4) is 0 Å². The average Bonchev–Trinajstić information content (AvgIpc) is 3.14. The summed E-state index contributed by atoms with van der Waals surface area (Å²) in [6, 6.07) is 31.1. The Labute approximate surface area is 193 Å². The van der Waals surface area contributed by atoms with Crippen LogP contribution < -0.4 is 5.73 Å². The summed E-state index contributed by atoms with van der Waals surface area (Å²) in [6.07, 6.45) is 0.871. The molecule has 1 amide bonds. The second kappa shape index (κ2) is 8.93. The summed E-state index contributed by atoms with van der Waals surface area (Å²) in [4.78, 5) is 12.2. The normalized spacial score (nSPS) is 11.3. The van der Waals surface area contributed by atoms with Crippen molar-refractivity contribution in [2.24, 2.45) is 5.73 Å². The van der Waals surface area contributed by atoms with Gasteiger partial charge in [0.1, 0.15) is 0 Å². The second-order valence-corrected chi connectivity index (χ2v) is 8.37. The van der Waals surface area contributed by atoms with E-state index in [1.54, 1.807) is 13.2 Å². The maximum atomic E-state index is 12.2. The molecule has 0 unspecified atom stereocenters. The fraction of sp³-hybridized carbons (Fsp3) is 0.138. The van der Waals surface area contributed by atoms with E-state index in [2.05, 4.69) is 77.4 Å². The van der Waals surface area contributed by atoms with E-state index in [1.807, 2.05) is 12.1 Å². The molecule has 2 N–H and O–H groups in total. The van der Waals surface area contributed by atoms with Gasteiger partial charge in [-0.3, -0.25) is 4.79 Å². The molecule has 5 rings (SSSR count). The number of ether oxygens (including phenoxy) is 1. The highest BCUT2D eigenvalue weighted by Crippen LogP contribution is 2.33. The van der Waals surface area contributed by atoms with Crippen molar-refractivity contribution in [3.05, 3.63) is 119 Å². The van der Waals surface area contributed by atoms with Crippen molar-refractivity contribution in [1.82, 2.24) is 4.57 Å². The molecule has 164 valence electrons. The Bertz CT molecular complexity index is 1450. The Morgan fingerprint density at radius 3 is 2.33 bits per heavy atom. The highest BCUT2D eigenvalue weighted by atomic mass is 16.5. The number of carbonyl (C=O) groups excluding carboxylic acids is 1. The van der Waals surface area contributed by atoms with Crippen LogP contribution in [-0.4, -0.2) is 17.6 Å². The lowest BCUT2D eigenvalue weighted by Crippen LogP contribution is -2.11. The lowest BCUT2D eigenvalue weighted by atomic mass is 9.99. The third kappa shape index (κ3) is 4.01. The molecule has 0 fully saturated rings. The van der Waals surface area contributed by atoms with E-state index >= 15 is 0 Å². The molecule has 4 heteroatoms. The molecule has 1 aromatic heterocycles. The summed E-state index contributed by atoms with van der Waals surface area (Å²) in [7, 11) is 1.70. The number of amides is 1. The number of aromatic nitrogens is 1. The van der Waals surface area contributed by atoms with Gasteiger partial charge in [0.25, 0.3) is 0 Å². The van der Waals surface area contributed by atoms with Crippen LogP contribution >= 0.6 is 0 Å². The number of primary amides is 1. The first-order valence-electron chi connectivity index (χ1n) is 11.1. The van der Waals surface area contributed by atoms with Gasteiger partial charge in [-0.1, -0.05) is 72.8 Å². The number of carbonyl (C=O) groups is 1. The van der Waals surface area contributed by atoms with E-state index in [-0.39, 0.29) is 0 Å². The topological polar surface area (TPSA) is 57.2 Å². The second-order valence-electron chi connectivity index (χ2n) is 8.37. The van der Waals surface area contributed by atoms with Crippen LogP contribution in [0.4, 0.5) is 0 Å². The quantitative estimate of drug-likeness (QED) is 0.358. The summed E-state index contributed by atoms with van der Waals surface area (Å²) >= 11 is 0. The molecule has 0 aliphatic carbocycles. The molecule has 0 spiro atoms. The van der Waals surface area contributed by atoms with Crippen molar-refractivity contribution in [1.29, 1.82) is 0 Å². The lowest BCUT2D eigenvalue weighted by molar-refractivity contribution is 0.100. The highest BCUT2D eigenvalue weighted by molar-refractivity contribution is 6.18. The summed E-state index contributed by atoms with van der Waals surface area (Å²) in [5.74, 6) is -0.412. The minimum absolute atomic E-state index is 0.412. The van der Waals surface area contributed by atoms with Gasteiger partial charge in [-0.15, -0.1) is 0 Å². The van der Waals surface area contributed by atoms with Crippen LogP contribution in [0.2, 0.25) is 0 Å². The molecule has 0 saturated carbocycles. The maximum Gasteiger partial charge on any atom is 0.249 e. The van der Waals surface area contributed by atoms with Crippen molar-refractivity contribution in [2.75, 3.05) is 7.11 Å². The van der Waals surface area contributed by atoms with E-state index in [1.165, 1.54) is 16.7 Å². The van der Waals surface area contributed by atoms with Crippen LogP contribution in [0.5, 0.6) is 0 Å². The molecule has 0 bridgehead atoms. The van der Waals surface area contributed by atoms with Gasteiger partial charge in [-0.2, -0.15) is 0 Å². The summed E-state index contributed by atoms with van der Waals surface area (Å²) < 4.78 is 7.66. The van der Waals surface area contributed by atoms with Gasteiger partial charge in [0, 0.05) is 35.5 Å². The van der Waals surface area contributed by atoms with E-state index in [0.29, 0.717) is 18.7 Å². The Balaban J connectivity index is 1.69. The number of nitrogens with zero attached hydrogens (tertiary/aromatic N) is 1. The average molecular weight is 435 g/mol. The third-order valence-corrected chi connectivity index (χ3v) is 6.22. The number of nitrogens with two attached hydrogens (primary N) is 1. The van der Waals surface area contributed by atoms with Crippen LogP contribution in [0.15, 0.2) is 91.0 Å². The molecule has 4 nitrogen and oxygen atoms in total. The first-order chi connectivity index (χ1) is 16.2. The fourth-order valence-electron chi connectivity index (χ4n) is 4.69. The van der Waals surface area contributed by atoms with Gasteiger partial charge in [0.2, 0.25) is 5.91 Å². The van der Waals surface area contributed by atoms with Crippen LogP contribution in [0, 0.1) is 0 Å². The first kappa shape index (κ1) is 21.0. The van der Waals surface area contributed by atoms with Crippen molar-refractivity contribution >= 4 is 27.7 Å². The van der Waals surface area contributed by atoms with Crippen LogP contribution in [0.25, 0.3) is 21.8 Å². The van der Waals surface area contributed by atoms with Crippen molar-refractivity contribution in [2.45, 2.75) is 19.6 Å². The largest absolute Gasteiger partial charge is 0.380 e. The monoisotopic (exact) mass is 434 g/mol. The van der Waals surface area contributed by atoms with E-state index in [9.17, 15) is 4.79 Å². The molecule has 0 aliphatic heterocycles. The highest BCUT2D eigenvalue weighted by Gasteiger charge is 2.17. The summed E-state index contributed by atoms with van der Waals surface area (Å²) in [5.41, 5.74) is 13.3. The van der Waals surface area contributed by atoms with E-state index < -0.39 is 5.91 Å². The van der Waals surface area contributed by atoms with Gasteiger partial charge in [0.15, 0.2) is 0 Å². The molecule has 1 heterocycles. The molecular formula is C29H26N2O2. The van der Waals surface area contributed by atoms with Crippen LogP contribution in [0.3, 0.4) is 0 Å². The Morgan fingerprint density at radius 2 is 1.58 bits per heavy atom. The standard InChI is InChI=1S/C29H26N2O2/c1-33-19-21-14-15-24-27(17-21)31(26-13-7-12-25(28(24)26)29(30)32)18-23-11-6-5-10-22(23)16-20-8-3-2-4-9-20/h2-15,17H,16,18-19H2,1H3,(H2,30,32). The molecule has 0 atom stereocenters. The molecular weight excluding hydrogens is 408 g/mol. The smallest absolute Gasteiger partial charge is 0.249 e. The van der Waals surface area contributed by atoms with Crippen molar-refractivity contribution < 1.29 is 9.53 Å². The van der Waals surface area contributed by atoms with E-state index in [0.717, 1.165) is 33.8 Å². The number of benzene rings is 4. The van der Waals surface area contributed by atoms with E-state index in [4.69, 9.17) is 10.5 Å². The number of methoxy groups -OCH3 is 1. The Kier molecular flexibility index (Phi) is 5.68. The Morgan fingerprint density at radius 1 is 0.818 bits per heavy atom. The summed E-state index contributed by atoms with van der Waals surface area (Å²) in [6.45, 7) is 1.23. The molecule has 5 aromatic rings. The number of rotatable bonds is 7. The lowest BCUT2D eigenvalue weighted by Gasteiger charge is -2.13. The Hall–Kier alpha value is -3.89. The van der Waals surface area contributed by atoms with Gasteiger partial charge in [0.05, 0.1) is 12.1 Å². The maximum absolute atomic E-state index is 12.2.